The molecule has 0 saturated carbocycles. The van der Waals surface area contributed by atoms with Crippen LogP contribution in [0.25, 0.3) is 16.7 Å². The number of halogens is 5. The highest BCUT2D eigenvalue weighted by atomic mass is 35.5. The first-order chi connectivity index (χ1) is 20.4. The first-order valence-corrected chi connectivity index (χ1v) is 12.9. The quantitative estimate of drug-likeness (QED) is 0.198. The normalized spacial score (nSPS) is 16.0. The van der Waals surface area contributed by atoms with Gasteiger partial charge in [0.05, 0.1) is 11.7 Å². The van der Waals surface area contributed by atoms with Gasteiger partial charge < -0.3 is 20.7 Å². The number of benzene rings is 2. The van der Waals surface area contributed by atoms with E-state index in [1.165, 1.54) is 48.8 Å². The lowest BCUT2D eigenvalue weighted by molar-refractivity contribution is 0.102. The number of aromatic nitrogens is 5. The van der Waals surface area contributed by atoms with Crippen molar-refractivity contribution in [1.82, 2.24) is 30.3 Å². The maximum absolute atomic E-state index is 15.1. The molecule has 1 saturated heterocycles. The third-order valence-corrected chi connectivity index (χ3v) is 6.72. The molecule has 2 aromatic carbocycles. The second kappa shape index (κ2) is 13.8. The van der Waals surface area contributed by atoms with E-state index in [1.807, 2.05) is 0 Å². The van der Waals surface area contributed by atoms with Gasteiger partial charge in [-0.3, -0.25) is 14.7 Å². The second-order valence-corrected chi connectivity index (χ2v) is 9.50. The van der Waals surface area contributed by atoms with Crippen molar-refractivity contribution in [1.29, 1.82) is 0 Å². The summed E-state index contributed by atoms with van der Waals surface area (Å²) in [5, 5.41) is 19.9. The Morgan fingerprint density at radius 1 is 1.02 bits per heavy atom. The van der Waals surface area contributed by atoms with Crippen LogP contribution < -0.4 is 26.2 Å². The molecule has 0 aliphatic carbocycles. The summed E-state index contributed by atoms with van der Waals surface area (Å²) in [5.74, 6) is -1.67. The number of nitrogens with zero attached hydrogens (tertiary/aromatic N) is 4. The molecule has 0 spiro atoms. The van der Waals surface area contributed by atoms with Crippen LogP contribution in [0.5, 0.6) is 11.5 Å². The molecule has 2 atom stereocenters. The number of alkyl halides is 1. The highest BCUT2D eigenvalue weighted by molar-refractivity contribution is 6.04. The Hall–Kier alpha value is -4.66. The number of hydrogen-bond donors (Lipinski definition) is 4. The highest BCUT2D eigenvalue weighted by Crippen LogP contribution is 2.35. The monoisotopic (exact) mass is 648 g/mol. The van der Waals surface area contributed by atoms with Gasteiger partial charge in [0.2, 0.25) is 0 Å². The number of carbonyl (C=O) groups excluding carboxylic acids is 1. The van der Waals surface area contributed by atoms with E-state index in [0.717, 1.165) is 22.9 Å². The van der Waals surface area contributed by atoms with Crippen molar-refractivity contribution in [3.05, 3.63) is 94.5 Å². The van der Waals surface area contributed by atoms with E-state index in [2.05, 4.69) is 36.2 Å². The summed E-state index contributed by atoms with van der Waals surface area (Å²) in [6.07, 6.45) is 2.14. The van der Waals surface area contributed by atoms with E-state index >= 15 is 4.39 Å². The van der Waals surface area contributed by atoms with Crippen LogP contribution in [0.1, 0.15) is 16.8 Å². The Morgan fingerprint density at radius 3 is 2.57 bits per heavy atom. The molecule has 5 aromatic rings. The summed E-state index contributed by atoms with van der Waals surface area (Å²) in [6, 6.07) is 11.1. The Kier molecular flexibility index (Phi) is 10.1. The molecule has 3 aromatic heterocycles. The molecule has 0 radical (unpaired) electrons. The van der Waals surface area contributed by atoms with E-state index in [0.29, 0.717) is 29.8 Å². The predicted octanol–water partition coefficient (Wildman–Crippen LogP) is 4.78. The molecule has 1 amide bonds. The molecule has 1 aliphatic heterocycles. The molecule has 6 rings (SSSR count). The number of amides is 1. The summed E-state index contributed by atoms with van der Waals surface area (Å²) < 4.78 is 49.6. The first kappa shape index (κ1) is 32.3. The summed E-state index contributed by atoms with van der Waals surface area (Å²) in [4.78, 5) is 30.0. The number of pyridine rings is 1. The minimum absolute atomic E-state index is 0. The molecule has 44 heavy (non-hydrogen) atoms. The highest BCUT2D eigenvalue weighted by Gasteiger charge is 2.26. The fourth-order valence-electron chi connectivity index (χ4n) is 4.60. The lowest BCUT2D eigenvalue weighted by atomic mass is 10.0. The van der Waals surface area contributed by atoms with Gasteiger partial charge in [-0.1, -0.05) is 0 Å². The molecule has 1 fully saturated rings. The lowest BCUT2D eigenvalue weighted by Gasteiger charge is -2.27. The minimum Gasteiger partial charge on any atom is -0.453 e. The van der Waals surface area contributed by atoms with Gasteiger partial charge in [-0.15, -0.1) is 24.8 Å². The maximum Gasteiger partial charge on any atom is 0.284 e. The fraction of sp³-hybridized carbons (Fsp3) is 0.179. The van der Waals surface area contributed by atoms with Crippen molar-refractivity contribution in [3.8, 4) is 17.2 Å². The number of ether oxygens (including phenoxy) is 1. The Balaban J connectivity index is 0.00000221. The predicted molar refractivity (Wildman–Crippen MR) is 162 cm³/mol. The van der Waals surface area contributed by atoms with Gasteiger partial charge in [-0.25, -0.2) is 18.2 Å². The van der Waals surface area contributed by atoms with Gasteiger partial charge in [0.1, 0.15) is 28.7 Å². The zero-order valence-electron chi connectivity index (χ0n) is 22.6. The van der Waals surface area contributed by atoms with Crippen molar-refractivity contribution < 1.29 is 22.7 Å². The van der Waals surface area contributed by atoms with Gasteiger partial charge in [0.15, 0.2) is 23.0 Å². The summed E-state index contributed by atoms with van der Waals surface area (Å²) in [6.45, 7) is 0.878. The minimum atomic E-state index is -1.12. The molecule has 16 heteroatoms. The molecular weight excluding hydrogens is 624 g/mol. The number of anilines is 2. The number of hydrogen-bond acceptors (Lipinski definition) is 8. The Morgan fingerprint density at radius 2 is 1.82 bits per heavy atom. The average Bonchev–Trinajstić information content (AvgIpc) is 3.40. The van der Waals surface area contributed by atoms with Gasteiger partial charge in [-0.2, -0.15) is 14.9 Å². The summed E-state index contributed by atoms with van der Waals surface area (Å²) in [5.41, 5.74) is -0.285. The van der Waals surface area contributed by atoms with Crippen LogP contribution in [0.2, 0.25) is 0 Å². The van der Waals surface area contributed by atoms with Crippen LogP contribution >= 0.6 is 24.8 Å². The van der Waals surface area contributed by atoms with E-state index in [9.17, 15) is 18.4 Å². The van der Waals surface area contributed by atoms with E-state index in [-0.39, 0.29) is 59.8 Å². The Labute approximate surface area is 260 Å². The van der Waals surface area contributed by atoms with Gasteiger partial charge in [0, 0.05) is 36.8 Å². The van der Waals surface area contributed by atoms with Crippen LogP contribution in [0.4, 0.5) is 24.7 Å². The average molecular weight is 649 g/mol. The zero-order chi connectivity index (χ0) is 29.2. The van der Waals surface area contributed by atoms with Crippen molar-refractivity contribution in [2.24, 2.45) is 0 Å². The van der Waals surface area contributed by atoms with Crippen molar-refractivity contribution in [3.63, 3.8) is 0 Å². The summed E-state index contributed by atoms with van der Waals surface area (Å²) in [7, 11) is 0. The van der Waals surface area contributed by atoms with Crippen LogP contribution in [-0.2, 0) is 0 Å². The number of aromatic amines is 1. The molecular formula is C28H25Cl2F3N8O3. The third kappa shape index (κ3) is 6.61. The van der Waals surface area contributed by atoms with Gasteiger partial charge in [0.25, 0.3) is 11.5 Å². The van der Waals surface area contributed by atoms with Gasteiger partial charge in [-0.05, 0) is 55.4 Å². The third-order valence-electron chi connectivity index (χ3n) is 6.72. The van der Waals surface area contributed by atoms with Crippen molar-refractivity contribution in [2.75, 3.05) is 23.7 Å². The number of H-pyrrole nitrogens is 1. The SMILES string of the molecule is Cl.Cl.O=C(Nc1ccc(Oc2ccnc3[nH]nc(N[C@H]4CCNCC4F)c23)c(F)c1)c1ccnn(-c2ccc(F)cc2)c1=O. The van der Waals surface area contributed by atoms with Crippen LogP contribution in [0.3, 0.4) is 0 Å². The zero-order valence-corrected chi connectivity index (χ0v) is 24.2. The van der Waals surface area contributed by atoms with Crippen molar-refractivity contribution in [2.45, 2.75) is 18.6 Å². The van der Waals surface area contributed by atoms with Crippen LogP contribution in [0, 0.1) is 11.6 Å². The number of fused-ring (bicyclic) bond motifs is 1. The number of piperidine rings is 1. The van der Waals surface area contributed by atoms with E-state index in [4.69, 9.17) is 4.74 Å². The summed E-state index contributed by atoms with van der Waals surface area (Å²) >= 11 is 0. The van der Waals surface area contributed by atoms with Crippen molar-refractivity contribution >= 4 is 53.3 Å². The number of carbonyl (C=O) groups is 1. The molecule has 1 aliphatic rings. The molecule has 230 valence electrons. The molecule has 4 heterocycles. The largest absolute Gasteiger partial charge is 0.453 e. The van der Waals surface area contributed by atoms with Crippen LogP contribution in [-0.4, -0.2) is 56.2 Å². The fourth-order valence-corrected chi connectivity index (χ4v) is 4.60. The van der Waals surface area contributed by atoms with Crippen LogP contribution in [0.15, 0.2) is 71.8 Å². The second-order valence-electron chi connectivity index (χ2n) is 9.50. The molecule has 1 unspecified atom stereocenters. The number of rotatable bonds is 7. The lowest BCUT2D eigenvalue weighted by Crippen LogP contribution is -2.45. The number of nitrogens with one attached hydrogen (secondary N) is 4. The standard InChI is InChI=1S/C28H23F3N8O3.2ClH/c29-15-1-4-17(5-2-15)39-28(41)18(7-12-34-39)27(40)35-16-3-6-22(19(30)13-16)42-23-9-11-33-25-24(23)26(38-37-25)36-21-8-10-32-14-20(21)31;;/h1-7,9,11-13,20-21,32H,8,10,14H2,(H,35,40)(H2,33,36,37,38);2*1H/t20?,21-;;/m0../s1. The van der Waals surface area contributed by atoms with E-state index < -0.39 is 35.3 Å². The molecule has 11 nitrogen and oxygen atoms in total. The van der Waals surface area contributed by atoms with Gasteiger partial charge >= 0.3 is 0 Å². The maximum atomic E-state index is 15.1. The topological polar surface area (TPSA) is 139 Å². The first-order valence-electron chi connectivity index (χ1n) is 12.9. The molecule has 4 N–H and O–H groups in total. The Bertz CT molecular complexity index is 1840. The smallest absolute Gasteiger partial charge is 0.284 e. The molecule has 0 bridgehead atoms. The van der Waals surface area contributed by atoms with E-state index in [1.54, 1.807) is 0 Å².